The normalized spacial score (nSPS) is 16.2. The van der Waals surface area contributed by atoms with Crippen LogP contribution in [0.15, 0.2) is 23.2 Å². The summed E-state index contributed by atoms with van der Waals surface area (Å²) < 4.78 is 54.4. The van der Waals surface area contributed by atoms with Gasteiger partial charge in [-0.3, -0.25) is 9.89 Å². The first kappa shape index (κ1) is 25.0. The van der Waals surface area contributed by atoms with E-state index in [4.69, 9.17) is 11.6 Å². The zero-order valence-corrected chi connectivity index (χ0v) is 18.4. The summed E-state index contributed by atoms with van der Waals surface area (Å²) in [5, 5.41) is 6.67. The molecule has 5 nitrogen and oxygen atoms in total. The molecule has 1 heterocycles. The summed E-state index contributed by atoms with van der Waals surface area (Å²) in [6.45, 7) is -1.78. The van der Waals surface area contributed by atoms with Crippen LogP contribution in [0, 0.1) is 0 Å². The van der Waals surface area contributed by atoms with Gasteiger partial charge >= 0.3 is 6.61 Å². The molecule has 11 heteroatoms. The fourth-order valence-electron chi connectivity index (χ4n) is 2.92. The molecule has 0 aromatic heterocycles. The van der Waals surface area contributed by atoms with Crippen LogP contribution in [0.5, 0.6) is 5.75 Å². The molecular weight excluding hydrogens is 515 g/mol. The standard InChI is InChI=1S/C17H23ClF4N4O.HI/c1-23-17(25-13-4-6-26(7-5-13)10-15(19)20)24-9-11-8-12(18)2-3-14(11)27-16(21)22;/h2-3,8,13,15-16H,4-7,9-10H2,1H3,(H2,23,24,25);1H. The van der Waals surface area contributed by atoms with Gasteiger partial charge in [-0.1, -0.05) is 11.6 Å². The number of hydrogen-bond acceptors (Lipinski definition) is 3. The summed E-state index contributed by atoms with van der Waals surface area (Å²) in [5.74, 6) is 0.531. The Balaban J connectivity index is 0.00000392. The van der Waals surface area contributed by atoms with E-state index in [1.807, 2.05) is 0 Å². The van der Waals surface area contributed by atoms with E-state index in [-0.39, 0.29) is 48.9 Å². The van der Waals surface area contributed by atoms with Crippen molar-refractivity contribution in [2.45, 2.75) is 38.5 Å². The van der Waals surface area contributed by atoms with Crippen molar-refractivity contribution in [3.05, 3.63) is 28.8 Å². The Labute approximate surface area is 183 Å². The average Bonchev–Trinajstić information content (AvgIpc) is 2.61. The van der Waals surface area contributed by atoms with Crippen molar-refractivity contribution in [1.29, 1.82) is 0 Å². The fraction of sp³-hybridized carbons (Fsp3) is 0.588. The van der Waals surface area contributed by atoms with Crippen molar-refractivity contribution in [2.75, 3.05) is 26.7 Å². The monoisotopic (exact) mass is 538 g/mol. The quantitative estimate of drug-likeness (QED) is 0.239. The molecule has 2 rings (SSSR count). The van der Waals surface area contributed by atoms with Crippen LogP contribution in [0.2, 0.25) is 5.02 Å². The van der Waals surface area contributed by atoms with Crippen molar-refractivity contribution < 1.29 is 22.3 Å². The van der Waals surface area contributed by atoms with Gasteiger partial charge in [0.05, 0.1) is 6.54 Å². The number of alkyl halides is 4. The molecule has 0 bridgehead atoms. The zero-order valence-electron chi connectivity index (χ0n) is 15.3. The molecule has 0 amide bonds. The molecule has 0 aliphatic carbocycles. The van der Waals surface area contributed by atoms with Gasteiger partial charge in [-0.15, -0.1) is 24.0 Å². The lowest BCUT2D eigenvalue weighted by Crippen LogP contribution is -2.49. The van der Waals surface area contributed by atoms with E-state index in [1.165, 1.54) is 12.1 Å². The van der Waals surface area contributed by atoms with Gasteiger partial charge < -0.3 is 15.4 Å². The number of likely N-dealkylation sites (tertiary alicyclic amines) is 1. The minimum Gasteiger partial charge on any atom is -0.434 e. The first-order chi connectivity index (χ1) is 12.9. The van der Waals surface area contributed by atoms with E-state index in [0.717, 1.165) is 0 Å². The molecule has 160 valence electrons. The first-order valence-corrected chi connectivity index (χ1v) is 8.96. The lowest BCUT2D eigenvalue weighted by molar-refractivity contribution is -0.0504. The summed E-state index contributed by atoms with van der Waals surface area (Å²) in [4.78, 5) is 5.85. The van der Waals surface area contributed by atoms with Crippen LogP contribution < -0.4 is 15.4 Å². The predicted molar refractivity (Wildman–Crippen MR) is 112 cm³/mol. The second kappa shape index (κ2) is 12.5. The summed E-state index contributed by atoms with van der Waals surface area (Å²) >= 11 is 5.93. The molecule has 0 unspecified atom stereocenters. The molecular formula is C17H24ClF4IN4O. The Kier molecular flexibility index (Phi) is 11.2. The largest absolute Gasteiger partial charge is 0.434 e. The smallest absolute Gasteiger partial charge is 0.387 e. The van der Waals surface area contributed by atoms with Gasteiger partial charge in [-0.2, -0.15) is 8.78 Å². The highest BCUT2D eigenvalue weighted by molar-refractivity contribution is 14.0. The molecule has 28 heavy (non-hydrogen) atoms. The van der Waals surface area contributed by atoms with E-state index in [1.54, 1.807) is 18.0 Å². The molecule has 1 aromatic rings. The lowest BCUT2D eigenvalue weighted by Gasteiger charge is -2.32. The number of nitrogens with one attached hydrogen (secondary N) is 2. The second-order valence-corrected chi connectivity index (χ2v) is 6.60. The van der Waals surface area contributed by atoms with Crippen LogP contribution in [0.4, 0.5) is 17.6 Å². The van der Waals surface area contributed by atoms with E-state index >= 15 is 0 Å². The molecule has 2 N–H and O–H groups in total. The Morgan fingerprint density at radius 1 is 1.29 bits per heavy atom. The molecule has 0 spiro atoms. The van der Waals surface area contributed by atoms with Crippen LogP contribution in [0.1, 0.15) is 18.4 Å². The first-order valence-electron chi connectivity index (χ1n) is 8.58. The number of rotatable bonds is 7. The summed E-state index contributed by atoms with van der Waals surface area (Å²) in [6.07, 6.45) is -0.902. The Morgan fingerprint density at radius 2 is 1.96 bits per heavy atom. The predicted octanol–water partition coefficient (Wildman–Crippen LogP) is 3.95. The SMILES string of the molecule is CN=C(NCc1cc(Cl)ccc1OC(F)F)NC1CCN(CC(F)F)CC1.I. The fourth-order valence-corrected chi connectivity index (χ4v) is 3.11. The van der Waals surface area contributed by atoms with Crippen LogP contribution in [0.25, 0.3) is 0 Å². The number of benzene rings is 1. The number of guanidine groups is 1. The van der Waals surface area contributed by atoms with Crippen LogP contribution in [-0.4, -0.2) is 56.6 Å². The average molecular weight is 539 g/mol. The highest BCUT2D eigenvalue weighted by atomic mass is 127. The van der Waals surface area contributed by atoms with Crippen molar-refractivity contribution in [3.63, 3.8) is 0 Å². The van der Waals surface area contributed by atoms with Crippen molar-refractivity contribution in [2.24, 2.45) is 4.99 Å². The third-order valence-corrected chi connectivity index (χ3v) is 4.47. The van der Waals surface area contributed by atoms with E-state index in [2.05, 4.69) is 20.4 Å². The van der Waals surface area contributed by atoms with E-state index < -0.39 is 13.0 Å². The minimum absolute atomic E-state index is 0. The van der Waals surface area contributed by atoms with Gasteiger partial charge in [-0.25, -0.2) is 8.78 Å². The lowest BCUT2D eigenvalue weighted by atomic mass is 10.1. The number of piperidine rings is 1. The highest BCUT2D eigenvalue weighted by Crippen LogP contribution is 2.24. The molecule has 0 radical (unpaired) electrons. The third kappa shape index (κ3) is 8.56. The van der Waals surface area contributed by atoms with Crippen LogP contribution >= 0.6 is 35.6 Å². The second-order valence-electron chi connectivity index (χ2n) is 6.17. The van der Waals surface area contributed by atoms with Crippen molar-refractivity contribution in [1.82, 2.24) is 15.5 Å². The molecule has 1 fully saturated rings. The van der Waals surface area contributed by atoms with Crippen LogP contribution in [0.3, 0.4) is 0 Å². The minimum atomic E-state index is -2.93. The maximum atomic E-state index is 12.5. The van der Waals surface area contributed by atoms with Crippen molar-refractivity contribution >= 4 is 41.5 Å². The summed E-state index contributed by atoms with van der Waals surface area (Å²) in [5.41, 5.74) is 0.470. The van der Waals surface area contributed by atoms with E-state index in [9.17, 15) is 17.6 Å². The number of aliphatic imine (C=N–C) groups is 1. The molecule has 1 aliphatic rings. The third-order valence-electron chi connectivity index (χ3n) is 4.23. The summed E-state index contributed by atoms with van der Waals surface area (Å²) in [7, 11) is 1.59. The Bertz CT molecular complexity index is 631. The Hall–Kier alpha value is -1.01. The summed E-state index contributed by atoms with van der Waals surface area (Å²) in [6, 6.07) is 4.51. The molecule has 1 saturated heterocycles. The van der Waals surface area contributed by atoms with Crippen LogP contribution in [-0.2, 0) is 6.54 Å². The van der Waals surface area contributed by atoms with Gasteiger partial charge in [0.2, 0.25) is 0 Å². The number of nitrogens with zero attached hydrogens (tertiary/aromatic N) is 2. The zero-order chi connectivity index (χ0) is 19.8. The maximum absolute atomic E-state index is 12.5. The number of ether oxygens (including phenoxy) is 1. The van der Waals surface area contributed by atoms with Gasteiger partial charge in [-0.05, 0) is 31.0 Å². The Morgan fingerprint density at radius 3 is 2.54 bits per heavy atom. The highest BCUT2D eigenvalue weighted by Gasteiger charge is 2.22. The molecule has 1 aromatic carbocycles. The van der Waals surface area contributed by atoms with Gasteiger partial charge in [0.1, 0.15) is 5.75 Å². The van der Waals surface area contributed by atoms with Crippen molar-refractivity contribution in [3.8, 4) is 5.75 Å². The molecule has 1 aliphatic heterocycles. The maximum Gasteiger partial charge on any atom is 0.387 e. The topological polar surface area (TPSA) is 48.9 Å². The molecule has 0 atom stereocenters. The number of hydrogen-bond donors (Lipinski definition) is 2. The number of halogens is 6. The van der Waals surface area contributed by atoms with Gasteiger partial charge in [0.25, 0.3) is 6.43 Å². The molecule has 0 saturated carbocycles. The van der Waals surface area contributed by atoms with Gasteiger partial charge in [0.15, 0.2) is 5.96 Å². The van der Waals surface area contributed by atoms with E-state index in [0.29, 0.717) is 42.5 Å². The van der Waals surface area contributed by atoms with Gasteiger partial charge in [0, 0.05) is 43.3 Å².